The van der Waals surface area contributed by atoms with Crippen LogP contribution < -0.4 is 16.4 Å². The van der Waals surface area contributed by atoms with Crippen molar-refractivity contribution in [2.75, 3.05) is 60.0 Å². The second-order valence-electron chi connectivity index (χ2n) is 6.64. The molecule has 0 rings (SSSR count). The number of nitrogens with one attached hydrogen (secondary N) is 2. The summed E-state index contributed by atoms with van der Waals surface area (Å²) in [5.74, 6) is -4.86. The van der Waals surface area contributed by atoms with Crippen LogP contribution in [0.15, 0.2) is 0 Å². The minimum absolute atomic E-state index is 0.319. The smallest absolute Gasteiger partial charge is 0.325 e. The lowest BCUT2D eigenvalue weighted by atomic mass is 10.2. The van der Waals surface area contributed by atoms with E-state index in [1.807, 2.05) is 0 Å². The average molecular weight is 487 g/mol. The van der Waals surface area contributed by atoms with E-state index in [1.54, 1.807) is 0 Å². The molecule has 0 unspecified atom stereocenters. The monoisotopic (exact) mass is 487 g/mol. The zero-order valence-electron chi connectivity index (χ0n) is 19.0. The van der Waals surface area contributed by atoms with Gasteiger partial charge in [0.1, 0.15) is 19.4 Å². The summed E-state index contributed by atoms with van der Waals surface area (Å²) in [4.78, 5) is 94.8. The van der Waals surface area contributed by atoms with Gasteiger partial charge in [0, 0.05) is 12.8 Å². The number of methoxy groups -OCH3 is 2. The molecule has 190 valence electrons. The molecular weight excluding hydrogens is 458 g/mol. The van der Waals surface area contributed by atoms with Crippen molar-refractivity contribution in [2.24, 2.45) is 5.73 Å². The van der Waals surface area contributed by atoms with E-state index in [9.17, 15) is 38.4 Å². The molecule has 4 amide bonds. The number of esters is 2. The molecule has 0 saturated carbocycles. The van der Waals surface area contributed by atoms with E-state index < -0.39 is 74.1 Å². The SMILES string of the molecule is COC(=O)CN(CC=O)C(=O)CNC(=O)CCC(=O)CN(CC(=O)OC)C(=O)CNC(=O)CN. The number of ether oxygens (including phenoxy) is 2. The number of hydrogen-bond donors (Lipinski definition) is 3. The molecule has 0 heterocycles. The maximum Gasteiger partial charge on any atom is 0.325 e. The summed E-state index contributed by atoms with van der Waals surface area (Å²) in [7, 11) is 2.21. The topological polar surface area (TPSA) is 212 Å². The minimum atomic E-state index is -0.797. The van der Waals surface area contributed by atoms with Gasteiger partial charge < -0.3 is 40.4 Å². The Morgan fingerprint density at radius 1 is 0.765 bits per heavy atom. The fourth-order valence-corrected chi connectivity index (χ4v) is 2.29. The molecule has 15 nitrogen and oxygen atoms in total. The van der Waals surface area contributed by atoms with Crippen molar-refractivity contribution in [1.29, 1.82) is 0 Å². The van der Waals surface area contributed by atoms with Crippen LogP contribution in [0, 0.1) is 0 Å². The van der Waals surface area contributed by atoms with Crippen LogP contribution in [-0.2, 0) is 47.8 Å². The first-order valence-corrected chi connectivity index (χ1v) is 9.95. The fraction of sp³-hybridized carbons (Fsp3) is 0.579. The number of Topliss-reactive ketones (excluding diaryl/α,β-unsaturated/α-hetero) is 1. The standard InChI is InChI=1S/C19H29N5O10/c1-33-18(31)11-23(5-6-25)16(29)8-21-14(27)4-3-13(26)10-24(12-19(32)34-2)17(30)9-22-15(28)7-20/h6H,3-5,7-12,20H2,1-2H3,(H,21,27)(H,22,28). The lowest BCUT2D eigenvalue weighted by Crippen LogP contribution is -2.46. The first-order chi connectivity index (χ1) is 16.1. The molecule has 4 N–H and O–H groups in total. The zero-order chi connectivity index (χ0) is 26.1. The summed E-state index contributed by atoms with van der Waals surface area (Å²) in [6.07, 6.45) is -0.245. The molecule has 0 aromatic rings. The summed E-state index contributed by atoms with van der Waals surface area (Å²) in [6.45, 7) is -3.29. The van der Waals surface area contributed by atoms with Crippen molar-refractivity contribution in [3.8, 4) is 0 Å². The van der Waals surface area contributed by atoms with Crippen LogP contribution in [0.2, 0.25) is 0 Å². The molecule has 0 aliphatic heterocycles. The Labute approximate surface area is 195 Å². The second-order valence-corrected chi connectivity index (χ2v) is 6.64. The highest BCUT2D eigenvalue weighted by molar-refractivity contribution is 5.93. The lowest BCUT2D eigenvalue weighted by Gasteiger charge is -2.21. The quantitative estimate of drug-likeness (QED) is 0.140. The Bertz CT molecular complexity index is 785. The highest BCUT2D eigenvalue weighted by Crippen LogP contribution is 1.99. The predicted octanol–water partition coefficient (Wildman–Crippen LogP) is -4.27. The molecular formula is C19H29N5O10. The molecule has 0 aliphatic carbocycles. The average Bonchev–Trinajstić information content (AvgIpc) is 2.82. The van der Waals surface area contributed by atoms with Crippen molar-refractivity contribution in [3.63, 3.8) is 0 Å². The van der Waals surface area contributed by atoms with Gasteiger partial charge in [0.05, 0.1) is 46.9 Å². The number of carbonyl (C=O) groups excluding carboxylic acids is 8. The van der Waals surface area contributed by atoms with E-state index in [1.165, 1.54) is 0 Å². The molecule has 0 radical (unpaired) electrons. The van der Waals surface area contributed by atoms with Gasteiger partial charge in [-0.3, -0.25) is 33.6 Å². The van der Waals surface area contributed by atoms with Crippen LogP contribution in [0.4, 0.5) is 0 Å². The molecule has 0 atom stereocenters. The minimum Gasteiger partial charge on any atom is -0.468 e. The van der Waals surface area contributed by atoms with Gasteiger partial charge in [0.15, 0.2) is 5.78 Å². The predicted molar refractivity (Wildman–Crippen MR) is 113 cm³/mol. The van der Waals surface area contributed by atoms with E-state index in [4.69, 9.17) is 5.73 Å². The maximum atomic E-state index is 12.2. The van der Waals surface area contributed by atoms with Crippen molar-refractivity contribution in [2.45, 2.75) is 12.8 Å². The normalized spacial score (nSPS) is 9.85. The van der Waals surface area contributed by atoms with Crippen LogP contribution in [-0.4, -0.2) is 117 Å². The Kier molecular flexibility index (Phi) is 14.8. The molecule has 0 fully saturated rings. The Balaban J connectivity index is 4.71. The van der Waals surface area contributed by atoms with Gasteiger partial charge in [-0.25, -0.2) is 0 Å². The third kappa shape index (κ3) is 12.8. The van der Waals surface area contributed by atoms with E-state index in [-0.39, 0.29) is 25.9 Å². The number of rotatable bonds is 16. The Morgan fingerprint density at radius 3 is 1.76 bits per heavy atom. The molecule has 0 spiro atoms. The van der Waals surface area contributed by atoms with E-state index in [0.29, 0.717) is 6.29 Å². The van der Waals surface area contributed by atoms with Gasteiger partial charge in [-0.05, 0) is 0 Å². The highest BCUT2D eigenvalue weighted by Gasteiger charge is 2.22. The zero-order valence-corrected chi connectivity index (χ0v) is 19.0. The molecule has 0 bridgehead atoms. The van der Waals surface area contributed by atoms with Crippen molar-refractivity contribution in [3.05, 3.63) is 0 Å². The van der Waals surface area contributed by atoms with Gasteiger partial charge in [0.2, 0.25) is 23.6 Å². The number of ketones is 1. The molecule has 0 aromatic carbocycles. The van der Waals surface area contributed by atoms with E-state index >= 15 is 0 Å². The second kappa shape index (κ2) is 16.7. The summed E-state index contributed by atoms with van der Waals surface area (Å²) < 4.78 is 8.90. The van der Waals surface area contributed by atoms with Crippen LogP contribution in [0.5, 0.6) is 0 Å². The summed E-state index contributed by atoms with van der Waals surface area (Å²) >= 11 is 0. The Hall–Kier alpha value is -3.88. The Morgan fingerprint density at radius 2 is 1.26 bits per heavy atom. The fourth-order valence-electron chi connectivity index (χ4n) is 2.29. The molecule has 0 aliphatic rings. The largest absolute Gasteiger partial charge is 0.468 e. The maximum absolute atomic E-state index is 12.2. The van der Waals surface area contributed by atoms with Gasteiger partial charge in [-0.2, -0.15) is 0 Å². The first-order valence-electron chi connectivity index (χ1n) is 9.95. The van der Waals surface area contributed by atoms with Gasteiger partial charge >= 0.3 is 11.9 Å². The van der Waals surface area contributed by atoms with Crippen LogP contribution in [0.25, 0.3) is 0 Å². The van der Waals surface area contributed by atoms with Crippen LogP contribution in [0.1, 0.15) is 12.8 Å². The number of nitrogens with zero attached hydrogens (tertiary/aromatic N) is 2. The van der Waals surface area contributed by atoms with Gasteiger partial charge in [-0.15, -0.1) is 0 Å². The third-order valence-electron chi connectivity index (χ3n) is 4.15. The summed E-state index contributed by atoms with van der Waals surface area (Å²) in [6, 6.07) is 0. The van der Waals surface area contributed by atoms with E-state index in [0.717, 1.165) is 24.0 Å². The van der Waals surface area contributed by atoms with Crippen molar-refractivity contribution in [1.82, 2.24) is 20.4 Å². The number of aldehydes is 1. The number of carbonyl (C=O) groups is 8. The molecule has 15 heteroatoms. The van der Waals surface area contributed by atoms with Crippen molar-refractivity contribution >= 4 is 47.6 Å². The van der Waals surface area contributed by atoms with Crippen LogP contribution >= 0.6 is 0 Å². The van der Waals surface area contributed by atoms with E-state index in [2.05, 4.69) is 20.1 Å². The molecule has 0 aromatic heterocycles. The van der Waals surface area contributed by atoms with Crippen LogP contribution in [0.3, 0.4) is 0 Å². The third-order valence-corrected chi connectivity index (χ3v) is 4.15. The molecule has 34 heavy (non-hydrogen) atoms. The lowest BCUT2D eigenvalue weighted by molar-refractivity contribution is -0.148. The van der Waals surface area contributed by atoms with Gasteiger partial charge in [-0.1, -0.05) is 0 Å². The van der Waals surface area contributed by atoms with Gasteiger partial charge in [0.25, 0.3) is 0 Å². The first kappa shape index (κ1) is 30.1. The summed E-state index contributed by atoms with van der Waals surface area (Å²) in [5, 5.41) is 4.48. The molecule has 0 saturated heterocycles. The number of nitrogens with two attached hydrogens (primary N) is 1. The summed E-state index contributed by atoms with van der Waals surface area (Å²) in [5.41, 5.74) is 5.12. The number of amides is 4. The number of hydrogen-bond acceptors (Lipinski definition) is 11. The van der Waals surface area contributed by atoms with Crippen molar-refractivity contribution < 1.29 is 47.8 Å². The highest BCUT2D eigenvalue weighted by atomic mass is 16.5.